The van der Waals surface area contributed by atoms with Crippen LogP contribution in [0.1, 0.15) is 36.8 Å². The van der Waals surface area contributed by atoms with E-state index >= 15 is 0 Å². The van der Waals surface area contributed by atoms with Crippen LogP contribution in [0.5, 0.6) is 0 Å². The molecule has 108 valence electrons. The Hall–Kier alpha value is -2.09. The molecule has 1 fully saturated rings. The van der Waals surface area contributed by atoms with Crippen LogP contribution in [0.25, 0.3) is 0 Å². The molecule has 1 aliphatic rings. The molecular formula is C19H21NO. The molecule has 0 radical (unpaired) electrons. The topological polar surface area (TPSA) is 29.1 Å². The molecule has 1 N–H and O–H groups in total. The third kappa shape index (κ3) is 2.71. The molecule has 1 amide bonds. The van der Waals surface area contributed by atoms with Crippen LogP contribution in [0.4, 0.5) is 5.69 Å². The van der Waals surface area contributed by atoms with Crippen LogP contribution in [-0.4, -0.2) is 5.91 Å². The maximum Gasteiger partial charge on any atom is 0.235 e. The summed E-state index contributed by atoms with van der Waals surface area (Å²) in [5.74, 6) is 0.136. The third-order valence-electron chi connectivity index (χ3n) is 4.49. The number of hydrogen-bond acceptors (Lipinski definition) is 1. The van der Waals surface area contributed by atoms with E-state index in [2.05, 4.69) is 17.4 Å². The molecule has 0 aliphatic heterocycles. The summed E-state index contributed by atoms with van der Waals surface area (Å²) in [6.45, 7) is 2.04. The minimum Gasteiger partial charge on any atom is -0.325 e. The number of nitrogens with one attached hydrogen (secondary N) is 1. The van der Waals surface area contributed by atoms with Gasteiger partial charge < -0.3 is 5.32 Å². The third-order valence-corrected chi connectivity index (χ3v) is 4.49. The highest BCUT2D eigenvalue weighted by Gasteiger charge is 2.42. The molecule has 0 saturated heterocycles. The Bertz CT molecular complexity index is 627. The highest BCUT2D eigenvalue weighted by atomic mass is 16.2. The maximum atomic E-state index is 12.9. The summed E-state index contributed by atoms with van der Waals surface area (Å²) >= 11 is 0. The Morgan fingerprint density at radius 1 is 1.00 bits per heavy atom. The van der Waals surface area contributed by atoms with E-state index in [0.29, 0.717) is 0 Å². The van der Waals surface area contributed by atoms with E-state index in [1.54, 1.807) is 0 Å². The van der Waals surface area contributed by atoms with Crippen molar-refractivity contribution in [3.05, 3.63) is 65.7 Å². The first-order valence-corrected chi connectivity index (χ1v) is 7.64. The van der Waals surface area contributed by atoms with Crippen LogP contribution in [0.2, 0.25) is 0 Å². The van der Waals surface area contributed by atoms with Crippen molar-refractivity contribution in [1.29, 1.82) is 0 Å². The van der Waals surface area contributed by atoms with Gasteiger partial charge >= 0.3 is 0 Å². The molecule has 2 nitrogen and oxygen atoms in total. The van der Waals surface area contributed by atoms with Gasteiger partial charge in [-0.2, -0.15) is 0 Å². The summed E-state index contributed by atoms with van der Waals surface area (Å²) in [4.78, 5) is 12.9. The molecule has 0 aromatic heterocycles. The van der Waals surface area contributed by atoms with E-state index in [1.165, 1.54) is 0 Å². The van der Waals surface area contributed by atoms with E-state index in [9.17, 15) is 4.79 Å². The second-order valence-corrected chi connectivity index (χ2v) is 5.98. The first-order chi connectivity index (χ1) is 10.2. The van der Waals surface area contributed by atoms with Crippen LogP contribution >= 0.6 is 0 Å². The standard InChI is InChI=1S/C19H21NO/c1-15-8-7-11-17(14-15)20-18(21)19(12-5-6-13-19)16-9-3-2-4-10-16/h2-4,7-11,14H,5-6,12-13H2,1H3,(H,20,21). The Balaban J connectivity index is 1.89. The average Bonchev–Trinajstić information content (AvgIpc) is 2.99. The molecule has 2 heteroatoms. The SMILES string of the molecule is Cc1cccc(NC(=O)C2(c3ccccc3)CCCC2)c1. The fourth-order valence-corrected chi connectivity index (χ4v) is 3.36. The fourth-order valence-electron chi connectivity index (χ4n) is 3.36. The molecule has 1 aliphatic carbocycles. The number of carbonyl (C=O) groups is 1. The lowest BCUT2D eigenvalue weighted by Crippen LogP contribution is -2.37. The molecule has 1 saturated carbocycles. The largest absolute Gasteiger partial charge is 0.325 e. The van der Waals surface area contributed by atoms with Crippen molar-refractivity contribution in [3.8, 4) is 0 Å². The second kappa shape index (κ2) is 5.72. The Morgan fingerprint density at radius 2 is 1.71 bits per heavy atom. The van der Waals surface area contributed by atoms with Crippen molar-refractivity contribution in [1.82, 2.24) is 0 Å². The van der Waals surface area contributed by atoms with E-state index in [0.717, 1.165) is 42.5 Å². The van der Waals surface area contributed by atoms with Crippen LogP contribution in [0.15, 0.2) is 54.6 Å². The van der Waals surface area contributed by atoms with Gasteiger partial charge in [-0.25, -0.2) is 0 Å². The first-order valence-electron chi connectivity index (χ1n) is 7.64. The second-order valence-electron chi connectivity index (χ2n) is 5.98. The minimum absolute atomic E-state index is 0.136. The average molecular weight is 279 g/mol. The Kier molecular flexibility index (Phi) is 3.78. The van der Waals surface area contributed by atoms with Crippen molar-refractivity contribution >= 4 is 11.6 Å². The molecule has 0 unspecified atom stereocenters. The molecule has 21 heavy (non-hydrogen) atoms. The van der Waals surface area contributed by atoms with E-state index < -0.39 is 0 Å². The minimum atomic E-state index is -0.356. The number of aryl methyl sites for hydroxylation is 1. The van der Waals surface area contributed by atoms with Gasteiger partial charge in [-0.05, 0) is 43.0 Å². The van der Waals surface area contributed by atoms with Gasteiger partial charge in [-0.15, -0.1) is 0 Å². The highest BCUT2D eigenvalue weighted by Crippen LogP contribution is 2.42. The van der Waals surface area contributed by atoms with Gasteiger partial charge in [0.25, 0.3) is 0 Å². The molecule has 0 heterocycles. The summed E-state index contributed by atoms with van der Waals surface area (Å²) < 4.78 is 0. The highest BCUT2D eigenvalue weighted by molar-refractivity contribution is 5.99. The lowest BCUT2D eigenvalue weighted by molar-refractivity contribution is -0.121. The van der Waals surface area contributed by atoms with Crippen molar-refractivity contribution in [3.63, 3.8) is 0 Å². The molecule has 3 rings (SSSR count). The smallest absolute Gasteiger partial charge is 0.235 e. The molecule has 0 spiro atoms. The lowest BCUT2D eigenvalue weighted by atomic mass is 9.78. The monoisotopic (exact) mass is 279 g/mol. The van der Waals surface area contributed by atoms with Gasteiger partial charge in [-0.3, -0.25) is 4.79 Å². The van der Waals surface area contributed by atoms with Crippen LogP contribution < -0.4 is 5.32 Å². The quantitative estimate of drug-likeness (QED) is 0.884. The first kappa shape index (κ1) is 13.9. The Morgan fingerprint density at radius 3 is 2.38 bits per heavy atom. The summed E-state index contributed by atoms with van der Waals surface area (Å²) in [7, 11) is 0. The number of hydrogen-bond donors (Lipinski definition) is 1. The van der Waals surface area contributed by atoms with Gasteiger partial charge in [0.2, 0.25) is 5.91 Å². The number of anilines is 1. The van der Waals surface area contributed by atoms with Gasteiger partial charge in [0.1, 0.15) is 0 Å². The normalized spacial score (nSPS) is 16.6. The molecule has 0 bridgehead atoms. The molecule has 2 aromatic rings. The molecular weight excluding hydrogens is 258 g/mol. The van der Waals surface area contributed by atoms with Crippen molar-refractivity contribution < 1.29 is 4.79 Å². The van der Waals surface area contributed by atoms with Gasteiger partial charge in [0.15, 0.2) is 0 Å². The predicted octanol–water partition coefficient (Wildman–Crippen LogP) is 4.45. The maximum absolute atomic E-state index is 12.9. The zero-order valence-electron chi connectivity index (χ0n) is 12.4. The number of amides is 1. The van der Waals surface area contributed by atoms with Crippen LogP contribution in [0.3, 0.4) is 0 Å². The van der Waals surface area contributed by atoms with Crippen LogP contribution in [-0.2, 0) is 10.2 Å². The number of benzene rings is 2. The fraction of sp³-hybridized carbons (Fsp3) is 0.316. The van der Waals surface area contributed by atoms with Crippen molar-refractivity contribution in [2.45, 2.75) is 38.0 Å². The van der Waals surface area contributed by atoms with Crippen LogP contribution in [0, 0.1) is 6.92 Å². The summed E-state index contributed by atoms with van der Waals surface area (Å²) in [5, 5.41) is 3.13. The zero-order chi connectivity index (χ0) is 14.7. The van der Waals surface area contributed by atoms with Crippen molar-refractivity contribution in [2.24, 2.45) is 0 Å². The number of rotatable bonds is 3. The number of carbonyl (C=O) groups excluding carboxylic acids is 1. The lowest BCUT2D eigenvalue weighted by Gasteiger charge is -2.28. The summed E-state index contributed by atoms with van der Waals surface area (Å²) in [5.41, 5.74) is 2.84. The summed E-state index contributed by atoms with van der Waals surface area (Å²) in [6, 6.07) is 18.2. The van der Waals surface area contributed by atoms with Crippen molar-refractivity contribution in [2.75, 3.05) is 5.32 Å². The molecule has 2 aromatic carbocycles. The van der Waals surface area contributed by atoms with E-state index in [-0.39, 0.29) is 11.3 Å². The Labute approximate surface area is 126 Å². The van der Waals surface area contributed by atoms with E-state index in [1.807, 2.05) is 49.4 Å². The van der Waals surface area contributed by atoms with Gasteiger partial charge in [0.05, 0.1) is 5.41 Å². The van der Waals surface area contributed by atoms with E-state index in [4.69, 9.17) is 0 Å². The zero-order valence-corrected chi connectivity index (χ0v) is 12.4. The van der Waals surface area contributed by atoms with Gasteiger partial charge in [-0.1, -0.05) is 55.3 Å². The predicted molar refractivity (Wildman–Crippen MR) is 86.4 cm³/mol. The summed E-state index contributed by atoms with van der Waals surface area (Å²) in [6.07, 6.45) is 4.12. The molecule has 0 atom stereocenters. The van der Waals surface area contributed by atoms with Gasteiger partial charge in [0, 0.05) is 5.69 Å².